The third kappa shape index (κ3) is 3.89. The van der Waals surface area contributed by atoms with Crippen molar-refractivity contribution in [3.63, 3.8) is 0 Å². The summed E-state index contributed by atoms with van der Waals surface area (Å²) in [6.07, 6.45) is 1.04. The Hall–Kier alpha value is -1.82. The average molecular weight is 254 g/mol. The molecule has 0 atom stereocenters. The molecule has 1 amide bonds. The fraction of sp³-hybridized carbons (Fsp3) is 0.500. The molecule has 0 aromatic carbocycles. The van der Waals surface area contributed by atoms with Crippen LogP contribution in [0.4, 0.5) is 0 Å². The van der Waals surface area contributed by atoms with Crippen LogP contribution in [-0.2, 0) is 16.1 Å². The first-order valence-electron chi connectivity index (χ1n) is 5.73. The number of ether oxygens (including phenoxy) is 1. The van der Waals surface area contributed by atoms with Crippen LogP contribution in [-0.4, -0.2) is 25.5 Å². The van der Waals surface area contributed by atoms with Crippen LogP contribution >= 0.6 is 0 Å². The van der Waals surface area contributed by atoms with Crippen LogP contribution in [0, 0.1) is 6.92 Å². The molecular weight excluding hydrogens is 236 g/mol. The maximum Gasteiger partial charge on any atom is 0.341 e. The normalized spacial score (nSPS) is 10.2. The molecule has 1 heterocycles. The molecule has 0 saturated heterocycles. The van der Waals surface area contributed by atoms with E-state index in [9.17, 15) is 9.59 Å². The van der Waals surface area contributed by atoms with Gasteiger partial charge >= 0.3 is 5.97 Å². The molecule has 0 aliphatic carbocycles. The van der Waals surface area contributed by atoms with Gasteiger partial charge in [-0.15, -0.1) is 0 Å². The van der Waals surface area contributed by atoms with E-state index in [0.717, 1.165) is 0 Å². The highest BCUT2D eigenvalue weighted by Gasteiger charge is 2.15. The second-order valence-electron chi connectivity index (χ2n) is 3.84. The zero-order valence-corrected chi connectivity index (χ0v) is 10.6. The lowest BCUT2D eigenvalue weighted by molar-refractivity contribution is -0.121. The summed E-state index contributed by atoms with van der Waals surface area (Å²) >= 11 is 0. The van der Waals surface area contributed by atoms with Gasteiger partial charge in [0.2, 0.25) is 5.91 Å². The zero-order chi connectivity index (χ0) is 13.5. The van der Waals surface area contributed by atoms with E-state index in [4.69, 9.17) is 10.2 Å². The van der Waals surface area contributed by atoms with E-state index >= 15 is 0 Å². The molecule has 3 N–H and O–H groups in total. The van der Waals surface area contributed by atoms with Gasteiger partial charge in [0.05, 0.1) is 13.7 Å². The number of methoxy groups -OCH3 is 1. The topological polar surface area (TPSA) is 94.6 Å². The first-order valence-corrected chi connectivity index (χ1v) is 5.73. The van der Waals surface area contributed by atoms with E-state index in [1.807, 2.05) is 0 Å². The molecule has 18 heavy (non-hydrogen) atoms. The zero-order valence-electron chi connectivity index (χ0n) is 10.6. The lowest BCUT2D eigenvalue weighted by atomic mass is 10.2. The number of nitrogens with one attached hydrogen (secondary N) is 1. The number of rotatable bonds is 6. The van der Waals surface area contributed by atoms with Crippen LogP contribution in [0.3, 0.4) is 0 Å². The number of carbonyl (C=O) groups excluding carboxylic acids is 2. The van der Waals surface area contributed by atoms with Gasteiger partial charge < -0.3 is 20.2 Å². The molecule has 100 valence electrons. The highest BCUT2D eigenvalue weighted by molar-refractivity contribution is 5.90. The Morgan fingerprint density at radius 2 is 2.22 bits per heavy atom. The summed E-state index contributed by atoms with van der Waals surface area (Å²) < 4.78 is 9.96. The van der Waals surface area contributed by atoms with Gasteiger partial charge in [-0.1, -0.05) is 0 Å². The minimum Gasteiger partial charge on any atom is -0.465 e. The van der Waals surface area contributed by atoms with Gasteiger partial charge in [-0.2, -0.15) is 0 Å². The van der Waals surface area contributed by atoms with Gasteiger partial charge in [0.25, 0.3) is 0 Å². The van der Waals surface area contributed by atoms with Crippen LogP contribution in [0.5, 0.6) is 0 Å². The lowest BCUT2D eigenvalue weighted by Gasteiger charge is -2.01. The number of amides is 1. The molecule has 0 fully saturated rings. The molecule has 0 aliphatic rings. The number of esters is 1. The SMILES string of the molecule is COC(=O)c1cc(CNC(=O)CCCN)oc1C. The summed E-state index contributed by atoms with van der Waals surface area (Å²) in [5, 5.41) is 2.69. The smallest absolute Gasteiger partial charge is 0.341 e. The van der Waals surface area contributed by atoms with Gasteiger partial charge in [0.1, 0.15) is 17.1 Å². The van der Waals surface area contributed by atoms with Crippen molar-refractivity contribution in [1.29, 1.82) is 0 Å². The third-order valence-electron chi connectivity index (χ3n) is 2.44. The Balaban J connectivity index is 2.53. The second-order valence-corrected chi connectivity index (χ2v) is 3.84. The molecule has 1 aromatic rings. The van der Waals surface area contributed by atoms with Crippen molar-refractivity contribution < 1.29 is 18.7 Å². The van der Waals surface area contributed by atoms with Crippen LogP contribution in [0.25, 0.3) is 0 Å². The van der Waals surface area contributed by atoms with E-state index in [-0.39, 0.29) is 12.5 Å². The van der Waals surface area contributed by atoms with Gasteiger partial charge in [-0.05, 0) is 26.0 Å². The van der Waals surface area contributed by atoms with Crippen LogP contribution in [0.1, 0.15) is 34.7 Å². The first-order chi connectivity index (χ1) is 8.58. The van der Waals surface area contributed by atoms with Crippen LogP contribution < -0.4 is 11.1 Å². The minimum atomic E-state index is -0.447. The van der Waals surface area contributed by atoms with Crippen molar-refractivity contribution in [3.8, 4) is 0 Å². The first kappa shape index (κ1) is 14.2. The van der Waals surface area contributed by atoms with E-state index in [1.54, 1.807) is 13.0 Å². The van der Waals surface area contributed by atoms with E-state index in [2.05, 4.69) is 10.1 Å². The van der Waals surface area contributed by atoms with Crippen molar-refractivity contribution in [3.05, 3.63) is 23.2 Å². The van der Waals surface area contributed by atoms with Crippen molar-refractivity contribution in [1.82, 2.24) is 5.32 Å². The quantitative estimate of drug-likeness (QED) is 0.730. The number of furan rings is 1. The molecule has 0 radical (unpaired) electrons. The largest absolute Gasteiger partial charge is 0.465 e. The summed E-state index contributed by atoms with van der Waals surface area (Å²) in [5.41, 5.74) is 5.68. The molecule has 6 heteroatoms. The van der Waals surface area contributed by atoms with E-state index in [1.165, 1.54) is 7.11 Å². The highest BCUT2D eigenvalue weighted by atomic mass is 16.5. The summed E-state index contributed by atoms with van der Waals surface area (Å²) in [7, 11) is 1.31. The van der Waals surface area contributed by atoms with Gasteiger partial charge in [-0.3, -0.25) is 4.79 Å². The Morgan fingerprint density at radius 1 is 1.50 bits per heavy atom. The molecule has 1 rings (SSSR count). The second kappa shape index (κ2) is 6.80. The van der Waals surface area contributed by atoms with E-state index < -0.39 is 5.97 Å². The maximum atomic E-state index is 11.4. The van der Waals surface area contributed by atoms with Crippen molar-refractivity contribution in [2.24, 2.45) is 5.73 Å². The summed E-state index contributed by atoms with van der Waals surface area (Å²) in [6, 6.07) is 1.57. The Morgan fingerprint density at radius 3 is 2.83 bits per heavy atom. The van der Waals surface area contributed by atoms with Crippen molar-refractivity contribution in [2.75, 3.05) is 13.7 Å². The average Bonchev–Trinajstić information content (AvgIpc) is 2.74. The van der Waals surface area contributed by atoms with E-state index in [0.29, 0.717) is 36.5 Å². The monoisotopic (exact) mass is 254 g/mol. The van der Waals surface area contributed by atoms with Crippen LogP contribution in [0.2, 0.25) is 0 Å². The van der Waals surface area contributed by atoms with Crippen LogP contribution in [0.15, 0.2) is 10.5 Å². The lowest BCUT2D eigenvalue weighted by Crippen LogP contribution is -2.22. The number of hydrogen-bond donors (Lipinski definition) is 2. The molecule has 6 nitrogen and oxygen atoms in total. The summed E-state index contributed by atoms with van der Waals surface area (Å²) in [6.45, 7) is 2.41. The molecular formula is C12H18N2O4. The predicted molar refractivity (Wildman–Crippen MR) is 64.9 cm³/mol. The number of nitrogens with two attached hydrogens (primary N) is 1. The van der Waals surface area contributed by atoms with Crippen molar-refractivity contribution in [2.45, 2.75) is 26.3 Å². The standard InChI is InChI=1S/C12H18N2O4/c1-8-10(12(16)17-2)6-9(18-8)7-14-11(15)4-3-5-13/h6H,3-5,7,13H2,1-2H3,(H,14,15). The molecule has 0 spiro atoms. The maximum absolute atomic E-state index is 11.4. The Kier molecular flexibility index (Phi) is 5.38. The minimum absolute atomic E-state index is 0.0888. The Labute approximate surface area is 105 Å². The fourth-order valence-corrected chi connectivity index (χ4v) is 1.48. The van der Waals surface area contributed by atoms with Gasteiger partial charge in [0, 0.05) is 6.42 Å². The highest BCUT2D eigenvalue weighted by Crippen LogP contribution is 2.15. The van der Waals surface area contributed by atoms with Crippen molar-refractivity contribution >= 4 is 11.9 Å². The third-order valence-corrected chi connectivity index (χ3v) is 2.44. The molecule has 0 saturated carbocycles. The molecule has 0 aliphatic heterocycles. The molecule has 0 bridgehead atoms. The summed E-state index contributed by atoms with van der Waals surface area (Å²) in [4.78, 5) is 22.7. The molecule has 1 aromatic heterocycles. The predicted octanol–water partition coefficient (Wildman–Crippen LogP) is 0.730. The number of carbonyl (C=O) groups is 2. The van der Waals surface area contributed by atoms with Gasteiger partial charge in [0.15, 0.2) is 0 Å². The van der Waals surface area contributed by atoms with Gasteiger partial charge in [-0.25, -0.2) is 4.79 Å². The fourth-order valence-electron chi connectivity index (χ4n) is 1.48. The number of aryl methyl sites for hydroxylation is 1. The number of hydrogen-bond acceptors (Lipinski definition) is 5. The molecule has 0 unspecified atom stereocenters. The Bertz CT molecular complexity index is 426. The summed E-state index contributed by atoms with van der Waals surface area (Å²) in [5.74, 6) is 0.466.